The molecule has 90 valence electrons. The average molecular weight is 238 g/mol. The average Bonchev–Trinajstić information content (AvgIpc) is 2.44. The van der Waals surface area contributed by atoms with Gasteiger partial charge in [0.25, 0.3) is 0 Å². The Morgan fingerprint density at radius 2 is 1.56 bits per heavy atom. The highest BCUT2D eigenvalue weighted by atomic mass is 16.3. The van der Waals surface area contributed by atoms with Crippen LogP contribution in [-0.4, -0.2) is 10.2 Å². The van der Waals surface area contributed by atoms with E-state index in [-0.39, 0.29) is 13.2 Å². The predicted molar refractivity (Wildman–Crippen MR) is 73.3 cm³/mol. The van der Waals surface area contributed by atoms with E-state index in [1.807, 2.05) is 42.5 Å². The summed E-state index contributed by atoms with van der Waals surface area (Å²) in [5.41, 5.74) is 1.76. The molecule has 18 heavy (non-hydrogen) atoms. The summed E-state index contributed by atoms with van der Waals surface area (Å²) in [6, 6.07) is 16.0. The second-order valence-electron chi connectivity index (χ2n) is 4.41. The lowest BCUT2D eigenvalue weighted by Crippen LogP contribution is -1.94. The summed E-state index contributed by atoms with van der Waals surface area (Å²) >= 11 is 0. The van der Waals surface area contributed by atoms with E-state index in [2.05, 4.69) is 6.07 Å². The van der Waals surface area contributed by atoms with Gasteiger partial charge in [0, 0.05) is 0 Å². The zero-order chi connectivity index (χ0) is 12.5. The normalized spacial score (nSPS) is 11.2. The Morgan fingerprint density at radius 1 is 0.778 bits per heavy atom. The molecule has 3 aromatic rings. The second-order valence-corrected chi connectivity index (χ2v) is 4.41. The Bertz CT molecular complexity index is 717. The lowest BCUT2D eigenvalue weighted by Gasteiger charge is -2.12. The van der Waals surface area contributed by atoms with Gasteiger partial charge in [-0.3, -0.25) is 0 Å². The Balaban J connectivity index is 2.55. The van der Waals surface area contributed by atoms with Gasteiger partial charge in [0.05, 0.1) is 13.2 Å². The van der Waals surface area contributed by atoms with Crippen LogP contribution in [0.2, 0.25) is 0 Å². The van der Waals surface area contributed by atoms with Gasteiger partial charge in [-0.15, -0.1) is 0 Å². The monoisotopic (exact) mass is 238 g/mol. The second kappa shape index (κ2) is 4.41. The molecule has 0 saturated carbocycles. The van der Waals surface area contributed by atoms with Gasteiger partial charge in [-0.2, -0.15) is 0 Å². The number of hydrogen-bond donors (Lipinski definition) is 2. The summed E-state index contributed by atoms with van der Waals surface area (Å²) in [6.45, 7) is -0.0302. The number of fused-ring (bicyclic) bond motifs is 2. The van der Waals surface area contributed by atoms with Gasteiger partial charge in [0.2, 0.25) is 0 Å². The van der Waals surface area contributed by atoms with Gasteiger partial charge >= 0.3 is 0 Å². The lowest BCUT2D eigenvalue weighted by molar-refractivity contribution is 0.279. The molecule has 0 fully saturated rings. The number of hydrogen-bond acceptors (Lipinski definition) is 2. The van der Waals surface area contributed by atoms with Crippen LogP contribution in [-0.2, 0) is 13.2 Å². The molecule has 0 unspecified atom stereocenters. The SMILES string of the molecule is OCc1cccc2cc3ccccc3c(CO)c12. The summed E-state index contributed by atoms with van der Waals surface area (Å²) in [6.07, 6.45) is 0. The summed E-state index contributed by atoms with van der Waals surface area (Å²) < 4.78 is 0. The fraction of sp³-hybridized carbons (Fsp3) is 0.125. The van der Waals surface area contributed by atoms with Crippen molar-refractivity contribution in [2.75, 3.05) is 0 Å². The topological polar surface area (TPSA) is 40.5 Å². The highest BCUT2D eigenvalue weighted by molar-refractivity contribution is 6.03. The molecule has 0 saturated heterocycles. The number of aliphatic hydroxyl groups excluding tert-OH is 2. The van der Waals surface area contributed by atoms with Crippen LogP contribution in [0.5, 0.6) is 0 Å². The van der Waals surface area contributed by atoms with Crippen molar-refractivity contribution in [3.8, 4) is 0 Å². The maximum absolute atomic E-state index is 9.67. The van der Waals surface area contributed by atoms with Crippen molar-refractivity contribution in [2.45, 2.75) is 13.2 Å². The van der Waals surface area contributed by atoms with E-state index in [4.69, 9.17) is 0 Å². The summed E-state index contributed by atoms with van der Waals surface area (Å²) in [5.74, 6) is 0. The van der Waals surface area contributed by atoms with Crippen molar-refractivity contribution in [3.63, 3.8) is 0 Å². The summed E-state index contributed by atoms with van der Waals surface area (Å²) in [5, 5.41) is 23.3. The first-order chi connectivity index (χ1) is 8.85. The first-order valence-electron chi connectivity index (χ1n) is 5.99. The molecule has 2 N–H and O–H groups in total. The van der Waals surface area contributed by atoms with Crippen LogP contribution >= 0.6 is 0 Å². The van der Waals surface area contributed by atoms with Gasteiger partial charge in [-0.1, -0.05) is 42.5 Å². The van der Waals surface area contributed by atoms with Gasteiger partial charge in [0.15, 0.2) is 0 Å². The zero-order valence-electron chi connectivity index (χ0n) is 9.93. The van der Waals surface area contributed by atoms with E-state index < -0.39 is 0 Å². The van der Waals surface area contributed by atoms with Crippen LogP contribution in [0, 0.1) is 0 Å². The molecule has 0 amide bonds. The van der Waals surface area contributed by atoms with Crippen molar-refractivity contribution < 1.29 is 10.2 Å². The quantitative estimate of drug-likeness (QED) is 0.674. The van der Waals surface area contributed by atoms with Crippen molar-refractivity contribution in [1.29, 1.82) is 0 Å². The fourth-order valence-electron chi connectivity index (χ4n) is 2.60. The van der Waals surface area contributed by atoms with E-state index in [0.717, 1.165) is 32.7 Å². The third kappa shape index (κ3) is 1.58. The van der Waals surface area contributed by atoms with E-state index in [9.17, 15) is 10.2 Å². The molecular weight excluding hydrogens is 224 g/mol. The Hall–Kier alpha value is -1.90. The Morgan fingerprint density at radius 3 is 2.33 bits per heavy atom. The summed E-state index contributed by atoms with van der Waals surface area (Å²) in [7, 11) is 0. The molecule has 3 aromatic carbocycles. The molecule has 0 aliphatic carbocycles. The van der Waals surface area contributed by atoms with E-state index >= 15 is 0 Å². The number of rotatable bonds is 2. The molecule has 0 aliphatic rings. The van der Waals surface area contributed by atoms with Crippen LogP contribution in [0.1, 0.15) is 11.1 Å². The van der Waals surface area contributed by atoms with Crippen LogP contribution < -0.4 is 0 Å². The Kier molecular flexibility index (Phi) is 2.74. The number of benzene rings is 3. The highest BCUT2D eigenvalue weighted by Gasteiger charge is 2.09. The minimum Gasteiger partial charge on any atom is -0.392 e. The lowest BCUT2D eigenvalue weighted by atomic mass is 9.94. The van der Waals surface area contributed by atoms with Crippen LogP contribution in [0.25, 0.3) is 21.5 Å². The van der Waals surface area contributed by atoms with Crippen molar-refractivity contribution in [3.05, 3.63) is 59.7 Å². The van der Waals surface area contributed by atoms with Crippen molar-refractivity contribution in [2.24, 2.45) is 0 Å². The molecule has 0 spiro atoms. The van der Waals surface area contributed by atoms with Crippen LogP contribution in [0.3, 0.4) is 0 Å². The maximum atomic E-state index is 9.67. The van der Waals surface area contributed by atoms with Gasteiger partial charge in [-0.25, -0.2) is 0 Å². The van der Waals surface area contributed by atoms with E-state index in [1.54, 1.807) is 0 Å². The molecule has 0 aliphatic heterocycles. The first kappa shape index (κ1) is 11.2. The molecular formula is C16H14O2. The standard InChI is InChI=1S/C16H14O2/c17-9-13-6-3-5-12-8-11-4-1-2-7-14(11)15(10-18)16(12)13/h1-8,17-18H,9-10H2. The molecule has 0 radical (unpaired) electrons. The van der Waals surface area contributed by atoms with E-state index in [0.29, 0.717) is 0 Å². The summed E-state index contributed by atoms with van der Waals surface area (Å²) in [4.78, 5) is 0. The largest absolute Gasteiger partial charge is 0.392 e. The van der Waals surface area contributed by atoms with Crippen molar-refractivity contribution >= 4 is 21.5 Å². The van der Waals surface area contributed by atoms with E-state index in [1.165, 1.54) is 0 Å². The number of aliphatic hydroxyl groups is 2. The predicted octanol–water partition coefficient (Wildman–Crippen LogP) is 2.98. The molecule has 2 nitrogen and oxygen atoms in total. The third-order valence-corrected chi connectivity index (χ3v) is 3.41. The molecule has 0 bridgehead atoms. The highest BCUT2D eigenvalue weighted by Crippen LogP contribution is 2.30. The maximum Gasteiger partial charge on any atom is 0.0694 e. The molecule has 0 aromatic heterocycles. The van der Waals surface area contributed by atoms with Crippen molar-refractivity contribution in [1.82, 2.24) is 0 Å². The molecule has 0 heterocycles. The molecule has 0 atom stereocenters. The smallest absolute Gasteiger partial charge is 0.0694 e. The Labute approximate surface area is 105 Å². The van der Waals surface area contributed by atoms with Gasteiger partial charge in [0.1, 0.15) is 0 Å². The minimum absolute atomic E-state index is 0.0112. The van der Waals surface area contributed by atoms with Crippen LogP contribution in [0.15, 0.2) is 48.5 Å². The minimum atomic E-state index is -0.0190. The fourth-order valence-corrected chi connectivity index (χ4v) is 2.60. The first-order valence-corrected chi connectivity index (χ1v) is 5.99. The van der Waals surface area contributed by atoms with Crippen LogP contribution in [0.4, 0.5) is 0 Å². The molecule has 2 heteroatoms. The van der Waals surface area contributed by atoms with Gasteiger partial charge < -0.3 is 10.2 Å². The zero-order valence-corrected chi connectivity index (χ0v) is 9.93. The molecule has 3 rings (SSSR count). The third-order valence-electron chi connectivity index (χ3n) is 3.41. The van der Waals surface area contributed by atoms with Gasteiger partial charge in [-0.05, 0) is 38.7 Å².